The summed E-state index contributed by atoms with van der Waals surface area (Å²) < 4.78 is 10.5. The van der Waals surface area contributed by atoms with Crippen LogP contribution < -0.4 is 10.1 Å². The van der Waals surface area contributed by atoms with E-state index in [1.807, 2.05) is 12.1 Å². The molecule has 5 heteroatoms. The molecule has 0 aliphatic rings. The van der Waals surface area contributed by atoms with E-state index in [1.54, 1.807) is 13.2 Å². The highest BCUT2D eigenvalue weighted by Crippen LogP contribution is 2.23. The summed E-state index contributed by atoms with van der Waals surface area (Å²) >= 11 is 6.03. The van der Waals surface area contributed by atoms with Crippen LogP contribution in [0.5, 0.6) is 5.75 Å². The van der Waals surface area contributed by atoms with Crippen molar-refractivity contribution in [2.45, 2.75) is 39.0 Å². The molecule has 0 bridgehead atoms. The second kappa shape index (κ2) is 7.84. The first kappa shape index (κ1) is 17.2. The maximum Gasteiger partial charge on any atom is 0.124 e. The van der Waals surface area contributed by atoms with Crippen molar-refractivity contribution in [1.29, 1.82) is 0 Å². The molecule has 1 aromatic rings. The summed E-state index contributed by atoms with van der Waals surface area (Å²) in [7, 11) is 1.55. The van der Waals surface area contributed by atoms with Crippen LogP contribution in [-0.4, -0.2) is 37.1 Å². The fourth-order valence-corrected chi connectivity index (χ4v) is 1.81. The summed E-state index contributed by atoms with van der Waals surface area (Å²) in [6, 6.07) is 5.47. The van der Waals surface area contributed by atoms with E-state index in [1.165, 1.54) is 0 Å². The zero-order chi connectivity index (χ0) is 15.2. The molecule has 1 atom stereocenters. The Morgan fingerprint density at radius 2 is 2.00 bits per heavy atom. The molecule has 0 saturated heterocycles. The molecule has 2 N–H and O–H groups in total. The summed E-state index contributed by atoms with van der Waals surface area (Å²) in [5.41, 5.74) is 0.979. The van der Waals surface area contributed by atoms with Gasteiger partial charge in [0.1, 0.15) is 18.5 Å². The third-order valence-corrected chi connectivity index (χ3v) is 2.86. The van der Waals surface area contributed by atoms with Gasteiger partial charge in [-0.2, -0.15) is 0 Å². The van der Waals surface area contributed by atoms with E-state index in [0.717, 1.165) is 11.3 Å². The number of benzene rings is 1. The lowest BCUT2D eigenvalue weighted by Gasteiger charge is -2.22. The minimum Gasteiger partial charge on any atom is -0.490 e. The molecule has 0 aliphatic carbocycles. The van der Waals surface area contributed by atoms with Crippen molar-refractivity contribution in [1.82, 2.24) is 5.32 Å². The summed E-state index contributed by atoms with van der Waals surface area (Å²) in [6.07, 6.45) is -0.640. The van der Waals surface area contributed by atoms with Crippen molar-refractivity contribution < 1.29 is 14.6 Å². The quantitative estimate of drug-likeness (QED) is 0.813. The van der Waals surface area contributed by atoms with Crippen molar-refractivity contribution in [2.75, 3.05) is 20.3 Å². The van der Waals surface area contributed by atoms with E-state index in [2.05, 4.69) is 26.1 Å². The number of hydrogen-bond donors (Lipinski definition) is 2. The van der Waals surface area contributed by atoms with E-state index in [0.29, 0.717) is 11.6 Å². The van der Waals surface area contributed by atoms with Gasteiger partial charge in [0, 0.05) is 29.8 Å². The average molecular weight is 302 g/mol. The first-order chi connectivity index (χ1) is 9.31. The molecule has 1 unspecified atom stereocenters. The van der Waals surface area contributed by atoms with E-state index >= 15 is 0 Å². The maximum atomic E-state index is 9.62. The molecular formula is C15H24ClNO3. The van der Waals surface area contributed by atoms with Crippen molar-refractivity contribution in [3.8, 4) is 5.75 Å². The Balaban J connectivity index is 2.69. The molecule has 0 aliphatic heterocycles. The Hall–Kier alpha value is -0.810. The van der Waals surface area contributed by atoms with Crippen molar-refractivity contribution in [2.24, 2.45) is 0 Å². The normalized spacial score (nSPS) is 13.3. The molecule has 20 heavy (non-hydrogen) atoms. The Kier molecular flexibility index (Phi) is 6.76. The average Bonchev–Trinajstić information content (AvgIpc) is 2.34. The Morgan fingerprint density at radius 1 is 1.30 bits per heavy atom. The van der Waals surface area contributed by atoms with Crippen LogP contribution in [-0.2, 0) is 11.3 Å². The number of methoxy groups -OCH3 is 1. The minimum absolute atomic E-state index is 0.00908. The summed E-state index contributed by atoms with van der Waals surface area (Å²) in [5.74, 6) is 0.723. The van der Waals surface area contributed by atoms with Gasteiger partial charge >= 0.3 is 0 Å². The number of aliphatic hydroxyl groups excluding tert-OH is 1. The van der Waals surface area contributed by atoms with Crippen LogP contribution in [0.1, 0.15) is 26.3 Å². The molecule has 4 nitrogen and oxygen atoms in total. The van der Waals surface area contributed by atoms with Crippen LogP contribution in [0.25, 0.3) is 0 Å². The second-order valence-electron chi connectivity index (χ2n) is 5.78. The molecule has 0 fully saturated rings. The standard InChI is InChI=1S/C15H24ClNO3/c1-15(2,3)17-8-11-7-12(16)5-6-14(11)20-10-13(18)9-19-4/h5-7,13,17-18H,8-10H2,1-4H3. The number of ether oxygens (including phenoxy) is 2. The third kappa shape index (κ3) is 6.57. The van der Waals surface area contributed by atoms with Crippen LogP contribution in [0.2, 0.25) is 5.02 Å². The zero-order valence-electron chi connectivity index (χ0n) is 12.6. The molecular weight excluding hydrogens is 278 g/mol. The fourth-order valence-electron chi connectivity index (χ4n) is 1.61. The number of halogens is 1. The first-order valence-corrected chi connectivity index (χ1v) is 7.03. The highest BCUT2D eigenvalue weighted by molar-refractivity contribution is 6.30. The van der Waals surface area contributed by atoms with E-state index in [4.69, 9.17) is 21.1 Å². The molecule has 1 rings (SSSR count). The number of aliphatic hydroxyl groups is 1. The lowest BCUT2D eigenvalue weighted by Crippen LogP contribution is -2.35. The van der Waals surface area contributed by atoms with Gasteiger partial charge in [-0.1, -0.05) is 11.6 Å². The number of rotatable bonds is 7. The Labute approximate surface area is 126 Å². The molecule has 0 amide bonds. The summed E-state index contributed by atoms with van der Waals surface area (Å²) in [4.78, 5) is 0. The van der Waals surface area contributed by atoms with Crippen molar-refractivity contribution in [3.05, 3.63) is 28.8 Å². The number of nitrogens with one attached hydrogen (secondary N) is 1. The van der Waals surface area contributed by atoms with E-state index in [-0.39, 0.29) is 18.8 Å². The summed E-state index contributed by atoms with van der Waals surface area (Å²) in [5, 5.41) is 13.7. The van der Waals surface area contributed by atoms with Gasteiger partial charge in [0.2, 0.25) is 0 Å². The molecule has 0 heterocycles. The van der Waals surface area contributed by atoms with Crippen LogP contribution in [0.4, 0.5) is 0 Å². The Bertz CT molecular complexity index is 418. The highest BCUT2D eigenvalue weighted by atomic mass is 35.5. The third-order valence-electron chi connectivity index (χ3n) is 2.62. The lowest BCUT2D eigenvalue weighted by molar-refractivity contribution is 0.0323. The van der Waals surface area contributed by atoms with Gasteiger partial charge in [0.15, 0.2) is 0 Å². The smallest absolute Gasteiger partial charge is 0.124 e. The lowest BCUT2D eigenvalue weighted by atomic mass is 10.1. The van der Waals surface area contributed by atoms with Crippen LogP contribution >= 0.6 is 11.6 Å². The largest absolute Gasteiger partial charge is 0.490 e. The van der Waals surface area contributed by atoms with Crippen LogP contribution in [0.15, 0.2) is 18.2 Å². The predicted molar refractivity (Wildman–Crippen MR) is 81.4 cm³/mol. The highest BCUT2D eigenvalue weighted by Gasteiger charge is 2.12. The minimum atomic E-state index is -0.640. The first-order valence-electron chi connectivity index (χ1n) is 6.65. The number of hydrogen-bond acceptors (Lipinski definition) is 4. The molecule has 0 spiro atoms. The monoisotopic (exact) mass is 301 g/mol. The van der Waals surface area contributed by atoms with Gasteiger partial charge in [-0.3, -0.25) is 0 Å². The molecule has 114 valence electrons. The van der Waals surface area contributed by atoms with Gasteiger partial charge in [-0.25, -0.2) is 0 Å². The topological polar surface area (TPSA) is 50.7 Å². The summed E-state index contributed by atoms with van der Waals surface area (Å²) in [6.45, 7) is 7.39. The van der Waals surface area contributed by atoms with Gasteiger partial charge < -0.3 is 19.9 Å². The van der Waals surface area contributed by atoms with E-state index in [9.17, 15) is 5.11 Å². The molecule has 1 aromatic carbocycles. The maximum absolute atomic E-state index is 9.62. The van der Waals surface area contributed by atoms with Gasteiger partial charge in [0.25, 0.3) is 0 Å². The zero-order valence-corrected chi connectivity index (χ0v) is 13.3. The fraction of sp³-hybridized carbons (Fsp3) is 0.600. The van der Waals surface area contributed by atoms with Crippen LogP contribution in [0, 0.1) is 0 Å². The van der Waals surface area contributed by atoms with E-state index < -0.39 is 6.10 Å². The van der Waals surface area contributed by atoms with Gasteiger partial charge in [-0.15, -0.1) is 0 Å². The predicted octanol–water partition coefficient (Wildman–Crippen LogP) is 2.61. The van der Waals surface area contributed by atoms with Gasteiger partial charge in [-0.05, 0) is 39.0 Å². The second-order valence-corrected chi connectivity index (χ2v) is 6.21. The molecule has 0 aromatic heterocycles. The van der Waals surface area contributed by atoms with Crippen LogP contribution in [0.3, 0.4) is 0 Å². The SMILES string of the molecule is COCC(O)COc1ccc(Cl)cc1CNC(C)(C)C. The Morgan fingerprint density at radius 3 is 2.60 bits per heavy atom. The van der Waals surface area contributed by atoms with Gasteiger partial charge in [0.05, 0.1) is 6.61 Å². The molecule has 0 radical (unpaired) electrons. The molecule has 0 saturated carbocycles. The van der Waals surface area contributed by atoms with Crippen molar-refractivity contribution in [3.63, 3.8) is 0 Å². The van der Waals surface area contributed by atoms with Crippen molar-refractivity contribution >= 4 is 11.6 Å².